The van der Waals surface area contributed by atoms with Gasteiger partial charge in [0.2, 0.25) is 5.91 Å². The van der Waals surface area contributed by atoms with Crippen LogP contribution in [0.15, 0.2) is 18.2 Å². The number of carbonyl (C=O) groups is 1. The molecule has 1 saturated carbocycles. The van der Waals surface area contributed by atoms with Crippen molar-refractivity contribution in [2.45, 2.75) is 57.1 Å². The van der Waals surface area contributed by atoms with Crippen LogP contribution in [0.2, 0.25) is 10.0 Å². The van der Waals surface area contributed by atoms with Gasteiger partial charge >= 0.3 is 0 Å². The van der Waals surface area contributed by atoms with Crippen molar-refractivity contribution in [3.8, 4) is 0 Å². The molecule has 0 aliphatic heterocycles. The lowest BCUT2D eigenvalue weighted by Gasteiger charge is -2.26. The van der Waals surface area contributed by atoms with E-state index in [-0.39, 0.29) is 0 Å². The van der Waals surface area contributed by atoms with Gasteiger partial charge < -0.3 is 16.2 Å². The number of nitrogens with two attached hydrogens (primary N) is 1. The van der Waals surface area contributed by atoms with Crippen molar-refractivity contribution >= 4 is 29.1 Å². The molecule has 1 aromatic carbocycles. The lowest BCUT2D eigenvalue weighted by atomic mass is 9.84. The third-order valence-corrected chi connectivity index (χ3v) is 5.30. The molecule has 0 saturated heterocycles. The number of amides is 1. The van der Waals surface area contributed by atoms with E-state index >= 15 is 0 Å². The normalized spacial score (nSPS) is 18.2. The van der Waals surface area contributed by atoms with Crippen LogP contribution in [0.4, 0.5) is 0 Å². The molecule has 1 aliphatic rings. The van der Waals surface area contributed by atoms with Gasteiger partial charge in [0, 0.05) is 22.6 Å². The molecule has 2 rings (SSSR count). The zero-order chi connectivity index (χ0) is 17.5. The Morgan fingerprint density at radius 2 is 2.00 bits per heavy atom. The Balaban J connectivity index is 1.74. The summed E-state index contributed by atoms with van der Waals surface area (Å²) in [5, 5.41) is 14.0. The van der Waals surface area contributed by atoms with Crippen LogP contribution in [0.3, 0.4) is 0 Å². The van der Waals surface area contributed by atoms with Crippen molar-refractivity contribution in [1.29, 1.82) is 0 Å². The minimum absolute atomic E-state index is 0.396. The lowest BCUT2D eigenvalue weighted by Crippen LogP contribution is -2.47. The van der Waals surface area contributed by atoms with Gasteiger partial charge in [-0.15, -0.1) is 0 Å². The van der Waals surface area contributed by atoms with Crippen molar-refractivity contribution in [2.75, 3.05) is 6.54 Å². The largest absolute Gasteiger partial charge is 0.382 e. The summed E-state index contributed by atoms with van der Waals surface area (Å²) in [5.41, 5.74) is 6.93. The van der Waals surface area contributed by atoms with Crippen LogP contribution >= 0.6 is 23.2 Å². The summed E-state index contributed by atoms with van der Waals surface area (Å²) in [6, 6.07) is 4.77. The molecule has 0 heterocycles. The topological polar surface area (TPSA) is 75.3 Å². The van der Waals surface area contributed by atoms with Crippen LogP contribution in [-0.4, -0.2) is 29.7 Å². The van der Waals surface area contributed by atoms with E-state index in [2.05, 4.69) is 5.32 Å². The molecule has 1 fully saturated rings. The van der Waals surface area contributed by atoms with E-state index in [4.69, 9.17) is 28.9 Å². The highest BCUT2D eigenvalue weighted by Crippen LogP contribution is 2.27. The van der Waals surface area contributed by atoms with Crippen LogP contribution in [-0.2, 0) is 11.2 Å². The number of nitrogens with one attached hydrogen (secondary N) is 1. The first kappa shape index (κ1) is 19.5. The van der Waals surface area contributed by atoms with Gasteiger partial charge in [0.1, 0.15) is 6.10 Å². The molecule has 1 amide bonds. The number of hydrogen-bond donors (Lipinski definition) is 3. The zero-order valence-electron chi connectivity index (χ0n) is 13.8. The van der Waals surface area contributed by atoms with Gasteiger partial charge in [-0.3, -0.25) is 4.79 Å². The number of hydrogen-bond acceptors (Lipinski definition) is 3. The monoisotopic (exact) mass is 372 g/mol. The standard InChI is InChI=1S/C18H26Cl2N2O2/c19-14-7-6-13(15(20)11-14)8-9-22-18(24)17(23)16(21)10-12-4-2-1-3-5-12/h6-7,11-12,16-17,23H,1-5,8-10,21H2,(H,22,24)/t16-,17?/m1/s1. The van der Waals surface area contributed by atoms with Crippen molar-refractivity contribution in [1.82, 2.24) is 5.32 Å². The van der Waals surface area contributed by atoms with Crippen molar-refractivity contribution in [3.63, 3.8) is 0 Å². The Bertz CT molecular complexity index is 548. The molecule has 0 bridgehead atoms. The van der Waals surface area contributed by atoms with Crippen molar-refractivity contribution in [2.24, 2.45) is 11.7 Å². The van der Waals surface area contributed by atoms with Gasteiger partial charge in [-0.25, -0.2) is 0 Å². The third-order valence-electron chi connectivity index (χ3n) is 4.71. The van der Waals surface area contributed by atoms with E-state index in [1.165, 1.54) is 19.3 Å². The number of aliphatic hydroxyl groups excluding tert-OH is 1. The van der Waals surface area contributed by atoms with Gasteiger partial charge in [-0.05, 0) is 36.5 Å². The Morgan fingerprint density at radius 3 is 2.67 bits per heavy atom. The summed E-state index contributed by atoms with van der Waals surface area (Å²) < 4.78 is 0. The number of carbonyl (C=O) groups excluding carboxylic acids is 1. The van der Waals surface area contributed by atoms with E-state index in [9.17, 15) is 9.90 Å². The molecule has 1 aromatic rings. The fourth-order valence-electron chi connectivity index (χ4n) is 3.28. The Labute approximate surface area is 153 Å². The molecule has 24 heavy (non-hydrogen) atoms. The van der Waals surface area contributed by atoms with Gasteiger partial charge in [0.25, 0.3) is 0 Å². The van der Waals surface area contributed by atoms with E-state index < -0.39 is 18.1 Å². The van der Waals surface area contributed by atoms with Crippen molar-refractivity contribution in [3.05, 3.63) is 33.8 Å². The molecular weight excluding hydrogens is 347 g/mol. The van der Waals surface area contributed by atoms with Crippen LogP contribution in [0, 0.1) is 5.92 Å². The van der Waals surface area contributed by atoms with Gasteiger partial charge in [0.05, 0.1) is 0 Å². The fraction of sp³-hybridized carbons (Fsp3) is 0.611. The summed E-state index contributed by atoms with van der Waals surface area (Å²) in [6.07, 6.45) is 6.15. The van der Waals surface area contributed by atoms with Crippen LogP contribution in [0.1, 0.15) is 44.1 Å². The summed E-state index contributed by atoms with van der Waals surface area (Å²) in [7, 11) is 0. The first-order chi connectivity index (χ1) is 11.5. The molecule has 0 spiro atoms. The van der Waals surface area contributed by atoms with E-state index in [0.29, 0.717) is 35.3 Å². The number of benzene rings is 1. The van der Waals surface area contributed by atoms with Crippen LogP contribution in [0.25, 0.3) is 0 Å². The second-order valence-electron chi connectivity index (χ2n) is 6.63. The Kier molecular flexibility index (Phi) is 7.82. The maximum absolute atomic E-state index is 12.1. The molecule has 4 N–H and O–H groups in total. The maximum Gasteiger partial charge on any atom is 0.250 e. The minimum Gasteiger partial charge on any atom is -0.382 e. The number of rotatable bonds is 7. The average Bonchev–Trinajstić information content (AvgIpc) is 2.57. The average molecular weight is 373 g/mol. The van der Waals surface area contributed by atoms with Gasteiger partial charge in [0.15, 0.2) is 0 Å². The van der Waals surface area contributed by atoms with E-state index in [1.807, 2.05) is 6.07 Å². The molecule has 0 aromatic heterocycles. The molecule has 1 unspecified atom stereocenters. The lowest BCUT2D eigenvalue weighted by molar-refractivity contribution is -0.130. The fourth-order valence-corrected chi connectivity index (χ4v) is 3.78. The molecule has 6 heteroatoms. The third kappa shape index (κ3) is 5.92. The Morgan fingerprint density at radius 1 is 1.29 bits per heavy atom. The SMILES string of the molecule is N[C@H](CC1CCCCC1)C(O)C(=O)NCCc1ccc(Cl)cc1Cl. The summed E-state index contributed by atoms with van der Waals surface area (Å²) in [4.78, 5) is 12.1. The minimum atomic E-state index is -1.16. The molecule has 4 nitrogen and oxygen atoms in total. The predicted octanol–water partition coefficient (Wildman–Crippen LogP) is 3.31. The van der Waals surface area contributed by atoms with Crippen LogP contribution < -0.4 is 11.1 Å². The molecular formula is C18H26Cl2N2O2. The van der Waals surface area contributed by atoms with Gasteiger partial charge in [-0.1, -0.05) is 61.4 Å². The van der Waals surface area contributed by atoms with Crippen molar-refractivity contribution < 1.29 is 9.90 Å². The number of halogens is 2. The van der Waals surface area contributed by atoms with Gasteiger partial charge in [-0.2, -0.15) is 0 Å². The Hall–Kier alpha value is -0.810. The predicted molar refractivity (Wildman–Crippen MR) is 98.3 cm³/mol. The number of aliphatic hydroxyl groups is 1. The molecule has 0 radical (unpaired) electrons. The summed E-state index contributed by atoms with van der Waals surface area (Å²) >= 11 is 12.0. The highest BCUT2D eigenvalue weighted by molar-refractivity contribution is 6.35. The second kappa shape index (κ2) is 9.62. The van der Waals surface area contributed by atoms with E-state index in [0.717, 1.165) is 18.4 Å². The quantitative estimate of drug-likeness (QED) is 0.686. The highest BCUT2D eigenvalue weighted by Gasteiger charge is 2.26. The smallest absolute Gasteiger partial charge is 0.250 e. The summed E-state index contributed by atoms with van der Waals surface area (Å²) in [6.45, 7) is 0.396. The zero-order valence-corrected chi connectivity index (χ0v) is 15.3. The first-order valence-corrected chi connectivity index (χ1v) is 9.38. The highest BCUT2D eigenvalue weighted by atomic mass is 35.5. The first-order valence-electron chi connectivity index (χ1n) is 8.62. The second-order valence-corrected chi connectivity index (χ2v) is 7.47. The molecule has 1 aliphatic carbocycles. The molecule has 134 valence electrons. The van der Waals surface area contributed by atoms with E-state index in [1.54, 1.807) is 12.1 Å². The maximum atomic E-state index is 12.1. The summed E-state index contributed by atoms with van der Waals surface area (Å²) in [5.74, 6) is 0.118. The molecule has 2 atom stereocenters. The van der Waals surface area contributed by atoms with Crippen LogP contribution in [0.5, 0.6) is 0 Å².